The van der Waals surface area contributed by atoms with Crippen molar-refractivity contribution in [1.29, 1.82) is 0 Å². The Labute approximate surface area is 132 Å². The molecule has 21 heavy (non-hydrogen) atoms. The van der Waals surface area contributed by atoms with E-state index in [4.69, 9.17) is 32.2 Å². The Kier molecular flexibility index (Phi) is 5.86. The lowest BCUT2D eigenvalue weighted by Crippen LogP contribution is -2.27. The third kappa shape index (κ3) is 3.51. The number of fused-ring (bicyclic) bond motifs is 1. The molecule has 0 amide bonds. The van der Waals surface area contributed by atoms with Crippen LogP contribution in [0.1, 0.15) is 12.8 Å². The van der Waals surface area contributed by atoms with E-state index in [9.17, 15) is 14.7 Å². The van der Waals surface area contributed by atoms with Crippen molar-refractivity contribution in [3.05, 3.63) is 33.3 Å². The molecule has 2 unspecified atom stereocenters. The largest absolute Gasteiger partial charge is 0.364 e. The van der Waals surface area contributed by atoms with E-state index in [0.29, 0.717) is 12.8 Å². The van der Waals surface area contributed by atoms with Gasteiger partial charge in [0.2, 0.25) is 0 Å². The molecule has 3 aliphatic carbocycles. The van der Waals surface area contributed by atoms with Crippen molar-refractivity contribution < 1.29 is 18.5 Å². The molecule has 3 aliphatic rings. The smallest absolute Gasteiger partial charge is 0.304 e. The van der Waals surface area contributed by atoms with E-state index in [-0.39, 0.29) is 47.8 Å². The van der Waals surface area contributed by atoms with Gasteiger partial charge in [-0.25, -0.2) is 0 Å². The van der Waals surface area contributed by atoms with Gasteiger partial charge in [-0.1, -0.05) is 12.2 Å². The summed E-state index contributed by atoms with van der Waals surface area (Å²) in [5.74, 6) is -0.377. The summed E-state index contributed by atoms with van der Waals surface area (Å²) in [5, 5.41) is 11.5. The summed E-state index contributed by atoms with van der Waals surface area (Å²) in [7, 11) is -3.76. The zero-order valence-electron chi connectivity index (χ0n) is 11.2. The molecule has 6 nitrogen and oxygen atoms in total. The van der Waals surface area contributed by atoms with Crippen LogP contribution >= 0.6 is 30.8 Å². The van der Waals surface area contributed by atoms with Crippen molar-refractivity contribution in [2.75, 3.05) is 25.0 Å². The van der Waals surface area contributed by atoms with E-state index in [1.807, 2.05) is 6.08 Å². The lowest BCUT2D eigenvalue weighted by atomic mass is 9.79. The van der Waals surface area contributed by atoms with Crippen LogP contribution in [0.5, 0.6) is 0 Å². The first-order valence-corrected chi connectivity index (χ1v) is 9.23. The van der Waals surface area contributed by atoms with Crippen molar-refractivity contribution >= 4 is 30.8 Å². The molecule has 2 atom stereocenters. The summed E-state index contributed by atoms with van der Waals surface area (Å²) in [5.41, 5.74) is -0.0544. The van der Waals surface area contributed by atoms with Crippen molar-refractivity contribution in [2.45, 2.75) is 12.8 Å². The Balaban J connectivity index is 2.42. The third-order valence-corrected chi connectivity index (χ3v) is 6.00. The van der Waals surface area contributed by atoms with Crippen LogP contribution in [0, 0.1) is 22.0 Å². The minimum absolute atomic E-state index is 0.00326. The summed E-state index contributed by atoms with van der Waals surface area (Å²) in [4.78, 5) is 10.9. The van der Waals surface area contributed by atoms with Gasteiger partial charge in [0.15, 0.2) is 0 Å². The lowest BCUT2D eigenvalue weighted by Gasteiger charge is -2.33. The normalized spacial score (nSPS) is 24.7. The molecule has 2 bridgehead atoms. The molecule has 0 heterocycles. The van der Waals surface area contributed by atoms with Crippen LogP contribution in [0.25, 0.3) is 0 Å². The van der Waals surface area contributed by atoms with Crippen LogP contribution in [-0.4, -0.2) is 29.9 Å². The van der Waals surface area contributed by atoms with Gasteiger partial charge in [0.05, 0.1) is 24.1 Å². The number of alkyl halides is 2. The molecule has 118 valence electrons. The summed E-state index contributed by atoms with van der Waals surface area (Å²) in [6.45, 7) is -0.00652. The molecule has 0 saturated heterocycles. The van der Waals surface area contributed by atoms with Crippen LogP contribution in [-0.2, 0) is 13.6 Å². The van der Waals surface area contributed by atoms with E-state index in [1.54, 1.807) is 6.08 Å². The van der Waals surface area contributed by atoms with E-state index < -0.39 is 12.5 Å². The van der Waals surface area contributed by atoms with E-state index in [2.05, 4.69) is 0 Å². The summed E-state index contributed by atoms with van der Waals surface area (Å²) in [6.07, 6.45) is 5.01. The van der Waals surface area contributed by atoms with Crippen molar-refractivity contribution in [3.63, 3.8) is 0 Å². The fraction of sp³-hybridized carbons (Fsp3) is 0.667. The fourth-order valence-corrected chi connectivity index (χ4v) is 5.25. The number of allylic oxidation sites excluding steroid dienone is 3. The molecule has 0 N–H and O–H groups in total. The number of hydrogen-bond acceptors (Lipinski definition) is 5. The van der Waals surface area contributed by atoms with Crippen LogP contribution < -0.4 is 0 Å². The van der Waals surface area contributed by atoms with E-state index in [1.165, 1.54) is 0 Å². The monoisotopic (exact) mass is 355 g/mol. The minimum atomic E-state index is -3.76. The number of nitrogens with zero attached hydrogens (tertiary/aromatic N) is 1. The third-order valence-electron chi connectivity index (χ3n) is 3.50. The molecular weight excluding hydrogens is 340 g/mol. The van der Waals surface area contributed by atoms with Gasteiger partial charge in [0.1, 0.15) is 5.31 Å². The van der Waals surface area contributed by atoms with Crippen LogP contribution in [0.15, 0.2) is 23.2 Å². The number of nitro groups is 1. The molecule has 0 aliphatic heterocycles. The highest BCUT2D eigenvalue weighted by atomic mass is 35.5. The Bertz CT molecular complexity index is 510. The molecule has 0 fully saturated rings. The maximum Gasteiger partial charge on any atom is 0.364 e. The molecule has 0 spiro atoms. The van der Waals surface area contributed by atoms with Gasteiger partial charge in [-0.3, -0.25) is 14.7 Å². The average Bonchev–Trinajstić information content (AvgIpc) is 2.51. The summed E-state index contributed by atoms with van der Waals surface area (Å²) >= 11 is 11.1. The second-order valence-corrected chi connectivity index (χ2v) is 7.49. The first-order valence-electron chi connectivity index (χ1n) is 6.62. The molecular formula is C12H16Cl2NO5P. The standard InChI is InChI=1S/C12H16Cl2NO5P/c13-5-7-19-21(18,20-8-6-14)12-10-3-1-9(2-4-10)11(12)15(16)17/h1,3,9-10H,2,4-8H2. The van der Waals surface area contributed by atoms with E-state index in [0.717, 1.165) is 0 Å². The molecule has 9 heteroatoms. The maximum absolute atomic E-state index is 13.0. The average molecular weight is 356 g/mol. The maximum atomic E-state index is 13.0. The van der Waals surface area contributed by atoms with E-state index >= 15 is 0 Å². The molecule has 0 radical (unpaired) electrons. The Morgan fingerprint density at radius 1 is 1.19 bits per heavy atom. The van der Waals surface area contributed by atoms with Gasteiger partial charge >= 0.3 is 7.60 Å². The first-order chi connectivity index (χ1) is 10.0. The van der Waals surface area contributed by atoms with Gasteiger partial charge in [0.25, 0.3) is 5.70 Å². The molecule has 3 rings (SSSR count). The van der Waals surface area contributed by atoms with Crippen LogP contribution in [0.2, 0.25) is 0 Å². The highest BCUT2D eigenvalue weighted by Crippen LogP contribution is 2.64. The molecule has 0 saturated carbocycles. The minimum Gasteiger partial charge on any atom is -0.304 e. The number of halogens is 2. The SMILES string of the molecule is O=[N+]([O-])C1=C(P(=O)(OCCCl)OCCCl)C2C=CC1CC2. The van der Waals surface area contributed by atoms with Crippen molar-refractivity contribution in [3.8, 4) is 0 Å². The van der Waals surface area contributed by atoms with Gasteiger partial charge in [0, 0.05) is 17.7 Å². The molecule has 0 aromatic rings. The topological polar surface area (TPSA) is 78.7 Å². The van der Waals surface area contributed by atoms with Crippen LogP contribution in [0.3, 0.4) is 0 Å². The van der Waals surface area contributed by atoms with Gasteiger partial charge in [-0.2, -0.15) is 0 Å². The molecule has 0 aromatic carbocycles. The highest BCUT2D eigenvalue weighted by Gasteiger charge is 2.48. The summed E-state index contributed by atoms with van der Waals surface area (Å²) < 4.78 is 23.6. The Hall–Kier alpha value is -0.390. The quantitative estimate of drug-likeness (QED) is 0.217. The fourth-order valence-electron chi connectivity index (χ4n) is 2.71. The Morgan fingerprint density at radius 3 is 2.14 bits per heavy atom. The van der Waals surface area contributed by atoms with Gasteiger partial charge in [-0.05, 0) is 12.8 Å². The number of rotatable bonds is 8. The lowest BCUT2D eigenvalue weighted by molar-refractivity contribution is -0.434. The second-order valence-electron chi connectivity index (χ2n) is 4.74. The summed E-state index contributed by atoms with van der Waals surface area (Å²) in [6, 6.07) is 0. The first kappa shape index (κ1) is 17.0. The zero-order valence-corrected chi connectivity index (χ0v) is 13.6. The van der Waals surface area contributed by atoms with Crippen LogP contribution in [0.4, 0.5) is 0 Å². The Morgan fingerprint density at radius 2 is 1.71 bits per heavy atom. The highest BCUT2D eigenvalue weighted by molar-refractivity contribution is 7.58. The molecule has 0 aromatic heterocycles. The predicted molar refractivity (Wildman–Crippen MR) is 80.3 cm³/mol. The predicted octanol–water partition coefficient (Wildman–Crippen LogP) is 3.77. The number of hydrogen-bond donors (Lipinski definition) is 0. The van der Waals surface area contributed by atoms with Gasteiger partial charge in [-0.15, -0.1) is 23.2 Å². The van der Waals surface area contributed by atoms with Crippen molar-refractivity contribution in [2.24, 2.45) is 11.8 Å². The second kappa shape index (κ2) is 7.25. The zero-order chi connectivity index (χ0) is 15.5. The van der Waals surface area contributed by atoms with Crippen molar-refractivity contribution in [1.82, 2.24) is 0 Å². The van der Waals surface area contributed by atoms with Gasteiger partial charge < -0.3 is 9.05 Å².